The summed E-state index contributed by atoms with van der Waals surface area (Å²) in [6.45, 7) is -1.35. The number of hydrogen-bond donors (Lipinski definition) is 6. The van der Waals surface area contributed by atoms with Crippen molar-refractivity contribution in [1.82, 2.24) is 9.55 Å². The number of anilines is 1. The Hall–Kier alpha value is -0.770. The second-order valence-corrected chi connectivity index (χ2v) is 10.9. The number of phosphoric ester groups is 1. The van der Waals surface area contributed by atoms with Gasteiger partial charge < -0.3 is 34.7 Å². The van der Waals surface area contributed by atoms with Crippen LogP contribution in [-0.2, 0) is 31.6 Å². The minimum Gasteiger partial charge on any atom is -0.385 e. The van der Waals surface area contributed by atoms with E-state index in [9.17, 15) is 32.9 Å². The maximum absolute atomic E-state index is 14.5. The summed E-state index contributed by atoms with van der Waals surface area (Å²) in [6.07, 6.45) is -5.39. The van der Waals surface area contributed by atoms with Crippen LogP contribution in [-0.4, -0.2) is 65.2 Å². The minimum atomic E-state index is -5.80. The number of aliphatic hydroxyl groups excluding tert-OH is 1. The zero-order valence-corrected chi connectivity index (χ0v) is 18.5. The van der Waals surface area contributed by atoms with E-state index < -0.39 is 59.3 Å². The maximum atomic E-state index is 14.5. The van der Waals surface area contributed by atoms with Crippen LogP contribution in [0.5, 0.6) is 0 Å². The van der Waals surface area contributed by atoms with Gasteiger partial charge in [0.15, 0.2) is 17.5 Å². The topological polar surface area (TPSA) is 236 Å². The van der Waals surface area contributed by atoms with E-state index in [0.717, 1.165) is 6.20 Å². The number of phosphoric acid groups is 3. The SMILES string of the molecule is CNc1ccn([C@@H]2O[C@](Cl)(COP(=O)(O)OP(=O)(O)OP(=O)(O)O)[C@@H](O)[C@H]2F)c(=O)n1. The molecule has 0 bridgehead atoms. The van der Waals surface area contributed by atoms with Crippen molar-refractivity contribution in [3.05, 3.63) is 22.7 Å². The summed E-state index contributed by atoms with van der Waals surface area (Å²) >= 11 is 5.89. The van der Waals surface area contributed by atoms with Crippen molar-refractivity contribution in [2.75, 3.05) is 19.0 Å². The van der Waals surface area contributed by atoms with Crippen molar-refractivity contribution in [1.29, 1.82) is 0 Å². The van der Waals surface area contributed by atoms with Gasteiger partial charge in [-0.3, -0.25) is 9.09 Å². The summed E-state index contributed by atoms with van der Waals surface area (Å²) in [4.78, 5) is 51.0. The number of aliphatic hydroxyl groups is 1. The number of alkyl halides is 2. The monoisotopic (exact) mass is 533 g/mol. The second kappa shape index (κ2) is 9.23. The highest BCUT2D eigenvalue weighted by Crippen LogP contribution is 2.66. The van der Waals surface area contributed by atoms with Crippen molar-refractivity contribution in [2.45, 2.75) is 23.6 Å². The van der Waals surface area contributed by atoms with Crippen molar-refractivity contribution < 1.29 is 60.6 Å². The molecule has 0 saturated carbocycles. The first-order chi connectivity index (χ1) is 14.0. The van der Waals surface area contributed by atoms with Crippen LogP contribution in [0.3, 0.4) is 0 Å². The lowest BCUT2D eigenvalue weighted by Crippen LogP contribution is -2.40. The summed E-state index contributed by atoms with van der Waals surface area (Å²) in [5, 5.41) is 9.98. The molecule has 0 radical (unpaired) electrons. The van der Waals surface area contributed by atoms with Crippen LogP contribution in [0, 0.1) is 0 Å². The summed E-state index contributed by atoms with van der Waals surface area (Å²) in [5.74, 6) is 0.139. The Bertz CT molecular complexity index is 1020. The molecule has 0 spiro atoms. The standard InChI is InChI=1S/C10H16ClFN3O13P3/c1-13-5-2-3-15(9(17)14-5)8-6(12)7(16)10(11,26-8)4-25-30(21,22)28-31(23,24)27-29(18,19)20/h2-3,6-8,16H,4H2,1H3,(H,21,22)(H,23,24)(H,13,14,17)(H2,18,19,20)/t6-,7+,8-,10-/m1/s1. The summed E-state index contributed by atoms with van der Waals surface area (Å²) in [7, 11) is -15.6. The molecule has 2 rings (SSSR count). The molecule has 1 saturated heterocycles. The van der Waals surface area contributed by atoms with Crippen LogP contribution in [0.4, 0.5) is 10.2 Å². The molecule has 2 heterocycles. The largest absolute Gasteiger partial charge is 0.490 e. The molecule has 16 nitrogen and oxygen atoms in total. The van der Waals surface area contributed by atoms with E-state index in [2.05, 4.69) is 23.4 Å². The zero-order chi connectivity index (χ0) is 23.8. The van der Waals surface area contributed by atoms with E-state index in [4.69, 9.17) is 31.0 Å². The van der Waals surface area contributed by atoms with Crippen molar-refractivity contribution in [3.8, 4) is 0 Å². The van der Waals surface area contributed by atoms with Gasteiger partial charge in [-0.25, -0.2) is 22.9 Å². The molecule has 0 aliphatic carbocycles. The molecule has 0 amide bonds. The molecule has 21 heteroatoms. The lowest BCUT2D eigenvalue weighted by molar-refractivity contribution is -0.0749. The van der Waals surface area contributed by atoms with E-state index in [1.54, 1.807) is 0 Å². The van der Waals surface area contributed by atoms with Gasteiger partial charge in [0, 0.05) is 13.2 Å². The predicted octanol–water partition coefficient (Wildman–Crippen LogP) is -0.209. The molecule has 1 fully saturated rings. The first-order valence-electron chi connectivity index (χ1n) is 7.73. The molecule has 1 aliphatic heterocycles. The number of rotatable bonds is 9. The van der Waals surface area contributed by atoms with E-state index >= 15 is 0 Å². The molecule has 1 aliphatic rings. The van der Waals surface area contributed by atoms with Gasteiger partial charge in [-0.05, 0) is 6.07 Å². The molecule has 2 unspecified atom stereocenters. The van der Waals surface area contributed by atoms with Crippen molar-refractivity contribution in [2.24, 2.45) is 0 Å². The fourth-order valence-electron chi connectivity index (χ4n) is 2.28. The van der Waals surface area contributed by atoms with Crippen molar-refractivity contribution >= 4 is 40.9 Å². The van der Waals surface area contributed by atoms with Gasteiger partial charge in [0.1, 0.15) is 18.5 Å². The average Bonchev–Trinajstić information content (AvgIpc) is 2.82. The molecular formula is C10H16ClFN3O13P3. The Morgan fingerprint density at radius 1 is 1.29 bits per heavy atom. The predicted molar refractivity (Wildman–Crippen MR) is 97.5 cm³/mol. The quantitative estimate of drug-likeness (QED) is 0.178. The summed E-state index contributed by atoms with van der Waals surface area (Å²) in [5.41, 5.74) is -1.000. The normalized spacial score (nSPS) is 30.5. The highest BCUT2D eigenvalue weighted by molar-refractivity contribution is 7.66. The van der Waals surface area contributed by atoms with Crippen LogP contribution < -0.4 is 11.0 Å². The molecule has 1 aromatic heterocycles. The van der Waals surface area contributed by atoms with Gasteiger partial charge in [-0.1, -0.05) is 11.6 Å². The fraction of sp³-hybridized carbons (Fsp3) is 0.600. The smallest absolute Gasteiger partial charge is 0.385 e. The molecule has 178 valence electrons. The Morgan fingerprint density at radius 3 is 2.42 bits per heavy atom. The van der Waals surface area contributed by atoms with Gasteiger partial charge in [0.25, 0.3) is 0 Å². The number of hydrogen-bond acceptors (Lipinski definition) is 11. The number of nitrogens with one attached hydrogen (secondary N) is 1. The maximum Gasteiger partial charge on any atom is 0.490 e. The first-order valence-corrected chi connectivity index (χ1v) is 12.6. The first kappa shape index (κ1) is 26.5. The average molecular weight is 534 g/mol. The second-order valence-electron chi connectivity index (χ2n) is 5.80. The molecule has 1 aromatic rings. The molecular weight excluding hydrogens is 517 g/mol. The number of halogens is 2. The van der Waals surface area contributed by atoms with E-state index in [-0.39, 0.29) is 5.82 Å². The van der Waals surface area contributed by atoms with Gasteiger partial charge >= 0.3 is 29.2 Å². The third kappa shape index (κ3) is 6.85. The molecule has 0 aromatic carbocycles. The Balaban J connectivity index is 2.14. The highest BCUT2D eigenvalue weighted by Gasteiger charge is 2.57. The van der Waals surface area contributed by atoms with E-state index in [1.807, 2.05) is 0 Å². The van der Waals surface area contributed by atoms with Gasteiger partial charge in [0.2, 0.25) is 0 Å². The molecule has 6 atom stereocenters. The van der Waals surface area contributed by atoms with Crippen molar-refractivity contribution in [3.63, 3.8) is 0 Å². The van der Waals surface area contributed by atoms with Crippen LogP contribution in [0.25, 0.3) is 0 Å². The van der Waals surface area contributed by atoms with Crippen LogP contribution in [0.2, 0.25) is 0 Å². The van der Waals surface area contributed by atoms with Gasteiger partial charge in [0.05, 0.1) is 0 Å². The minimum absolute atomic E-state index is 0.139. The Morgan fingerprint density at radius 2 is 1.90 bits per heavy atom. The fourth-order valence-corrected chi connectivity index (χ4v) is 5.67. The summed E-state index contributed by atoms with van der Waals surface area (Å²) in [6, 6.07) is 1.27. The zero-order valence-electron chi connectivity index (χ0n) is 15.1. The lowest BCUT2D eigenvalue weighted by Gasteiger charge is -2.25. The van der Waals surface area contributed by atoms with Crippen LogP contribution >= 0.6 is 35.1 Å². The summed E-state index contributed by atoms with van der Waals surface area (Å²) < 4.78 is 65.1. The van der Waals surface area contributed by atoms with Gasteiger partial charge in [-0.15, -0.1) is 0 Å². The van der Waals surface area contributed by atoms with Crippen LogP contribution in [0.1, 0.15) is 6.23 Å². The third-order valence-electron chi connectivity index (χ3n) is 3.53. The third-order valence-corrected chi connectivity index (χ3v) is 7.74. The Kier molecular flexibility index (Phi) is 7.89. The number of ether oxygens (including phenoxy) is 1. The lowest BCUT2D eigenvalue weighted by atomic mass is 10.1. The molecule has 31 heavy (non-hydrogen) atoms. The Labute approximate surface area is 177 Å². The van der Waals surface area contributed by atoms with Gasteiger partial charge in [-0.2, -0.15) is 13.6 Å². The van der Waals surface area contributed by atoms with Crippen LogP contribution in [0.15, 0.2) is 17.1 Å². The number of nitrogens with zero attached hydrogens (tertiary/aromatic N) is 2. The van der Waals surface area contributed by atoms with E-state index in [0.29, 0.717) is 4.57 Å². The molecule has 6 N–H and O–H groups in total. The number of aromatic nitrogens is 2. The van der Waals surface area contributed by atoms with E-state index in [1.165, 1.54) is 13.1 Å². The highest BCUT2D eigenvalue weighted by atomic mass is 35.5.